The highest BCUT2D eigenvalue weighted by Crippen LogP contribution is 2.26. The standard InChI is InChI=1S/C15H14N2O6/c18-14(16-5-3-9(4-6-16)15(19)20)13-8-10-7-11(17(21)22)1-2-12(10)23-13/h1-2,7-9H,3-6H2,(H,19,20). The van der Waals surface area contributed by atoms with Gasteiger partial charge in [-0.3, -0.25) is 19.7 Å². The summed E-state index contributed by atoms with van der Waals surface area (Å²) < 4.78 is 5.46. The molecule has 0 radical (unpaired) electrons. The number of carbonyl (C=O) groups is 2. The monoisotopic (exact) mass is 318 g/mol. The van der Waals surface area contributed by atoms with Crippen molar-refractivity contribution in [1.82, 2.24) is 4.90 Å². The summed E-state index contributed by atoms with van der Waals surface area (Å²) in [5, 5.41) is 20.2. The Morgan fingerprint density at radius 3 is 2.57 bits per heavy atom. The lowest BCUT2D eigenvalue weighted by Gasteiger charge is -2.29. The van der Waals surface area contributed by atoms with Gasteiger partial charge >= 0.3 is 5.97 Å². The topological polar surface area (TPSA) is 114 Å². The number of benzene rings is 1. The molecule has 23 heavy (non-hydrogen) atoms. The van der Waals surface area contributed by atoms with Crippen LogP contribution >= 0.6 is 0 Å². The minimum Gasteiger partial charge on any atom is -0.481 e. The molecule has 1 aromatic heterocycles. The van der Waals surface area contributed by atoms with E-state index in [1.165, 1.54) is 24.3 Å². The maximum atomic E-state index is 12.4. The van der Waals surface area contributed by atoms with Crippen molar-refractivity contribution in [3.63, 3.8) is 0 Å². The van der Waals surface area contributed by atoms with Gasteiger partial charge in [-0.15, -0.1) is 0 Å². The molecule has 2 aromatic rings. The fourth-order valence-electron chi connectivity index (χ4n) is 2.74. The van der Waals surface area contributed by atoms with Crippen molar-refractivity contribution in [1.29, 1.82) is 0 Å². The Kier molecular flexibility index (Phi) is 3.73. The van der Waals surface area contributed by atoms with Crippen molar-refractivity contribution < 1.29 is 24.0 Å². The quantitative estimate of drug-likeness (QED) is 0.686. The molecular weight excluding hydrogens is 304 g/mol. The highest BCUT2D eigenvalue weighted by molar-refractivity contribution is 5.96. The summed E-state index contributed by atoms with van der Waals surface area (Å²) >= 11 is 0. The second kappa shape index (κ2) is 5.71. The first-order valence-corrected chi connectivity index (χ1v) is 7.16. The Morgan fingerprint density at radius 1 is 1.26 bits per heavy atom. The number of nitrogens with zero attached hydrogens (tertiary/aromatic N) is 2. The number of non-ortho nitro benzene ring substituents is 1. The second-order valence-corrected chi connectivity index (χ2v) is 5.49. The fourth-order valence-corrected chi connectivity index (χ4v) is 2.74. The molecule has 1 aliphatic rings. The molecule has 1 aliphatic heterocycles. The van der Waals surface area contributed by atoms with E-state index in [4.69, 9.17) is 9.52 Å². The van der Waals surface area contributed by atoms with Gasteiger partial charge in [0.2, 0.25) is 0 Å². The zero-order valence-corrected chi connectivity index (χ0v) is 12.1. The zero-order chi connectivity index (χ0) is 16.6. The van der Waals surface area contributed by atoms with Crippen LogP contribution < -0.4 is 0 Å². The summed E-state index contributed by atoms with van der Waals surface area (Å²) in [6.07, 6.45) is 0.819. The van der Waals surface area contributed by atoms with Crippen LogP contribution in [-0.2, 0) is 4.79 Å². The number of nitro groups is 1. The summed E-state index contributed by atoms with van der Waals surface area (Å²) in [5.41, 5.74) is 0.332. The van der Waals surface area contributed by atoms with E-state index < -0.39 is 16.8 Å². The SMILES string of the molecule is O=C(O)C1CCN(C(=O)c2cc3cc([N+](=O)[O-])ccc3o2)CC1. The van der Waals surface area contributed by atoms with Crippen LogP contribution in [0.4, 0.5) is 5.69 Å². The molecule has 0 saturated carbocycles. The molecular formula is C15H14N2O6. The molecule has 120 valence electrons. The number of carboxylic acid groups (broad SMARTS) is 1. The molecule has 1 aromatic carbocycles. The molecule has 8 heteroatoms. The Morgan fingerprint density at radius 2 is 1.96 bits per heavy atom. The maximum absolute atomic E-state index is 12.4. The number of furan rings is 1. The van der Waals surface area contributed by atoms with Gasteiger partial charge < -0.3 is 14.4 Å². The van der Waals surface area contributed by atoms with Crippen molar-refractivity contribution in [2.45, 2.75) is 12.8 Å². The van der Waals surface area contributed by atoms with E-state index in [1.807, 2.05) is 0 Å². The van der Waals surface area contributed by atoms with E-state index >= 15 is 0 Å². The lowest BCUT2D eigenvalue weighted by molar-refractivity contribution is -0.384. The highest BCUT2D eigenvalue weighted by atomic mass is 16.6. The van der Waals surface area contributed by atoms with Gasteiger partial charge in [0.1, 0.15) is 5.58 Å². The number of amides is 1. The molecule has 0 unspecified atom stereocenters. The summed E-state index contributed by atoms with van der Waals surface area (Å²) in [4.78, 5) is 35.2. The lowest BCUT2D eigenvalue weighted by Crippen LogP contribution is -2.40. The van der Waals surface area contributed by atoms with Crippen LogP contribution in [0.5, 0.6) is 0 Å². The molecule has 1 saturated heterocycles. The smallest absolute Gasteiger partial charge is 0.306 e. The van der Waals surface area contributed by atoms with Crippen molar-refractivity contribution in [2.24, 2.45) is 5.92 Å². The normalized spacial score (nSPS) is 15.7. The van der Waals surface area contributed by atoms with Gasteiger partial charge in [0.05, 0.1) is 10.8 Å². The molecule has 3 rings (SSSR count). The molecule has 0 spiro atoms. The van der Waals surface area contributed by atoms with Gasteiger partial charge in [-0.05, 0) is 25.0 Å². The number of rotatable bonds is 3. The number of hydrogen-bond acceptors (Lipinski definition) is 5. The Labute approximate surface area is 130 Å². The van der Waals surface area contributed by atoms with Gasteiger partial charge in [-0.1, -0.05) is 0 Å². The van der Waals surface area contributed by atoms with E-state index in [-0.39, 0.29) is 17.4 Å². The molecule has 1 amide bonds. The molecule has 0 aliphatic carbocycles. The summed E-state index contributed by atoms with van der Waals surface area (Å²) in [7, 11) is 0. The summed E-state index contributed by atoms with van der Waals surface area (Å²) in [5.74, 6) is -1.48. The third kappa shape index (κ3) is 2.87. The first-order chi connectivity index (χ1) is 11.0. The van der Waals surface area contributed by atoms with Crippen LogP contribution in [0.25, 0.3) is 11.0 Å². The number of fused-ring (bicyclic) bond motifs is 1. The van der Waals surface area contributed by atoms with E-state index in [0.717, 1.165) is 0 Å². The van der Waals surface area contributed by atoms with Crippen LogP contribution in [0.2, 0.25) is 0 Å². The second-order valence-electron chi connectivity index (χ2n) is 5.49. The summed E-state index contributed by atoms with van der Waals surface area (Å²) in [6, 6.07) is 5.61. The van der Waals surface area contributed by atoms with Gasteiger partial charge in [0.15, 0.2) is 5.76 Å². The predicted octanol–water partition coefficient (Wildman–Crippen LogP) is 2.28. The number of piperidine rings is 1. The average Bonchev–Trinajstić information content (AvgIpc) is 2.97. The number of likely N-dealkylation sites (tertiary alicyclic amines) is 1. The Balaban J connectivity index is 1.79. The lowest BCUT2D eigenvalue weighted by atomic mass is 9.97. The van der Waals surface area contributed by atoms with Crippen molar-refractivity contribution in [3.05, 3.63) is 40.1 Å². The minimum absolute atomic E-state index is 0.0698. The highest BCUT2D eigenvalue weighted by Gasteiger charge is 2.29. The summed E-state index contributed by atoms with van der Waals surface area (Å²) in [6.45, 7) is 0.708. The van der Waals surface area contributed by atoms with E-state index in [0.29, 0.717) is 36.9 Å². The maximum Gasteiger partial charge on any atom is 0.306 e. The van der Waals surface area contributed by atoms with Crippen molar-refractivity contribution in [3.8, 4) is 0 Å². The fraction of sp³-hybridized carbons (Fsp3) is 0.333. The van der Waals surface area contributed by atoms with E-state index in [1.54, 1.807) is 4.90 Å². The van der Waals surface area contributed by atoms with Gasteiger partial charge in [-0.25, -0.2) is 0 Å². The minimum atomic E-state index is -0.840. The number of carboxylic acids is 1. The number of carbonyl (C=O) groups excluding carboxylic acids is 1. The van der Waals surface area contributed by atoms with Crippen molar-refractivity contribution >= 4 is 28.5 Å². The third-order valence-electron chi connectivity index (χ3n) is 4.05. The van der Waals surface area contributed by atoms with Crippen LogP contribution in [0, 0.1) is 16.0 Å². The molecule has 8 nitrogen and oxygen atoms in total. The third-order valence-corrected chi connectivity index (χ3v) is 4.05. The molecule has 0 bridgehead atoms. The average molecular weight is 318 g/mol. The van der Waals surface area contributed by atoms with Gasteiger partial charge in [0, 0.05) is 30.6 Å². The first-order valence-electron chi connectivity index (χ1n) is 7.16. The van der Waals surface area contributed by atoms with E-state index in [2.05, 4.69) is 0 Å². The predicted molar refractivity (Wildman–Crippen MR) is 79.1 cm³/mol. The largest absolute Gasteiger partial charge is 0.481 e. The van der Waals surface area contributed by atoms with Crippen LogP contribution in [0.15, 0.2) is 28.7 Å². The molecule has 0 atom stereocenters. The van der Waals surface area contributed by atoms with E-state index in [9.17, 15) is 19.7 Å². The number of hydrogen-bond donors (Lipinski definition) is 1. The van der Waals surface area contributed by atoms with Crippen LogP contribution in [0.3, 0.4) is 0 Å². The Hall–Kier alpha value is -2.90. The Bertz CT molecular complexity index is 788. The molecule has 2 heterocycles. The first kappa shape index (κ1) is 15.0. The molecule has 1 N–H and O–H groups in total. The van der Waals surface area contributed by atoms with Crippen LogP contribution in [0.1, 0.15) is 23.4 Å². The van der Waals surface area contributed by atoms with Gasteiger partial charge in [-0.2, -0.15) is 0 Å². The van der Waals surface area contributed by atoms with Crippen molar-refractivity contribution in [2.75, 3.05) is 13.1 Å². The number of aliphatic carboxylic acids is 1. The van der Waals surface area contributed by atoms with Crippen LogP contribution in [-0.4, -0.2) is 39.9 Å². The zero-order valence-electron chi connectivity index (χ0n) is 12.1. The van der Waals surface area contributed by atoms with Gasteiger partial charge in [0.25, 0.3) is 11.6 Å². The molecule has 1 fully saturated rings. The number of nitro benzene ring substituents is 1.